The number of aromatic hydroxyl groups is 2. The molecule has 11 heteroatoms. The van der Waals surface area contributed by atoms with Crippen LogP contribution in [0.3, 0.4) is 0 Å². The lowest BCUT2D eigenvalue weighted by Gasteiger charge is -2.50. The van der Waals surface area contributed by atoms with Crippen molar-refractivity contribution in [1.29, 1.82) is 0 Å². The lowest BCUT2D eigenvalue weighted by molar-refractivity contribution is -0.127. The summed E-state index contributed by atoms with van der Waals surface area (Å²) in [7, 11) is 0. The number of phenolic OH excluding ortho intramolecular Hbond substituents is 1. The molecular weight excluding hydrogens is 660 g/mol. The largest absolute Gasteiger partial charge is 0.508 e. The molecule has 4 aromatic rings. The number of anilines is 2. The maximum atomic E-state index is 15.2. The van der Waals surface area contributed by atoms with Crippen LogP contribution in [-0.2, 0) is 24.6 Å². The van der Waals surface area contributed by atoms with Gasteiger partial charge in [-0.25, -0.2) is 14.6 Å². The fraction of sp³-hybridized carbons (Fsp3) is 0.205. The molecule has 6 atom stereocenters. The molecule has 2 aliphatic carbocycles. The number of benzene rings is 4. The van der Waals surface area contributed by atoms with Gasteiger partial charge in [-0.05, 0) is 72.4 Å². The zero-order chi connectivity index (χ0) is 35.1. The molecule has 2 aliphatic heterocycles. The van der Waals surface area contributed by atoms with Gasteiger partial charge in [0.15, 0.2) is 0 Å². The van der Waals surface area contributed by atoms with Crippen LogP contribution in [0, 0.1) is 23.7 Å². The Bertz CT molecular complexity index is 2180. The topological polar surface area (TPSA) is 153 Å². The van der Waals surface area contributed by atoms with Crippen LogP contribution in [0.25, 0.3) is 0 Å². The Morgan fingerprint density at radius 1 is 0.760 bits per heavy atom. The molecule has 2 heterocycles. The number of hydrogen-bond acceptors (Lipinski definition) is 7. The van der Waals surface area contributed by atoms with E-state index in [-0.39, 0.29) is 29.8 Å². The van der Waals surface area contributed by atoms with Crippen molar-refractivity contribution < 1.29 is 39.3 Å². The van der Waals surface area contributed by atoms with Crippen molar-refractivity contribution in [2.75, 3.05) is 9.80 Å². The molecule has 3 N–H and O–H groups in total. The summed E-state index contributed by atoms with van der Waals surface area (Å²) >= 11 is 6.35. The molecular formula is C39H29ClN2O8. The first-order valence-corrected chi connectivity index (χ1v) is 16.5. The van der Waals surface area contributed by atoms with Gasteiger partial charge in [-0.1, -0.05) is 71.8 Å². The van der Waals surface area contributed by atoms with E-state index in [1.807, 2.05) is 24.3 Å². The fourth-order valence-corrected chi connectivity index (χ4v) is 9.10. The maximum absolute atomic E-state index is 15.2. The first kappa shape index (κ1) is 31.5. The summed E-state index contributed by atoms with van der Waals surface area (Å²) in [6.07, 6.45) is 2.15. The van der Waals surface area contributed by atoms with Crippen LogP contribution in [-0.4, -0.2) is 44.9 Å². The van der Waals surface area contributed by atoms with E-state index in [9.17, 15) is 34.5 Å². The molecule has 1 saturated carbocycles. The number of rotatable bonds is 5. The number of hydrogen-bond donors (Lipinski definition) is 3. The van der Waals surface area contributed by atoms with Gasteiger partial charge in [-0.2, -0.15) is 0 Å². The van der Waals surface area contributed by atoms with Crippen molar-refractivity contribution in [1.82, 2.24) is 0 Å². The van der Waals surface area contributed by atoms with E-state index < -0.39 is 70.4 Å². The molecule has 4 aliphatic rings. The second kappa shape index (κ2) is 11.4. The average Bonchev–Trinajstić information content (AvgIpc) is 3.49. The highest BCUT2D eigenvalue weighted by Gasteiger charge is 2.70. The normalized spacial score (nSPS) is 27.1. The molecule has 4 amide bonds. The molecule has 10 nitrogen and oxygen atoms in total. The molecule has 4 aromatic carbocycles. The van der Waals surface area contributed by atoms with Gasteiger partial charge in [0.05, 0.1) is 34.5 Å². The van der Waals surface area contributed by atoms with E-state index in [0.29, 0.717) is 21.8 Å². The first-order chi connectivity index (χ1) is 24.0. The number of aromatic carboxylic acids is 1. The smallest absolute Gasteiger partial charge is 0.339 e. The average molecular weight is 689 g/mol. The molecule has 8 rings (SSSR count). The van der Waals surface area contributed by atoms with E-state index in [4.69, 9.17) is 11.6 Å². The lowest BCUT2D eigenvalue weighted by Crippen LogP contribution is -2.53. The maximum Gasteiger partial charge on any atom is 0.339 e. The van der Waals surface area contributed by atoms with Crippen molar-refractivity contribution >= 4 is 52.6 Å². The Hall–Kier alpha value is -5.74. The van der Waals surface area contributed by atoms with Gasteiger partial charge in [-0.15, -0.1) is 0 Å². The van der Waals surface area contributed by atoms with Crippen LogP contribution in [0.1, 0.15) is 40.2 Å². The molecule has 0 radical (unpaired) electrons. The monoisotopic (exact) mass is 688 g/mol. The van der Waals surface area contributed by atoms with Gasteiger partial charge in [0.2, 0.25) is 23.6 Å². The minimum absolute atomic E-state index is 0.0370. The summed E-state index contributed by atoms with van der Waals surface area (Å²) in [6, 6.07) is 25.7. The second-order valence-corrected chi connectivity index (χ2v) is 13.6. The van der Waals surface area contributed by atoms with Crippen LogP contribution in [0.15, 0.2) is 109 Å². The molecule has 6 unspecified atom stereocenters. The van der Waals surface area contributed by atoms with E-state index in [1.165, 1.54) is 17.0 Å². The minimum Gasteiger partial charge on any atom is -0.508 e. The number of imide groups is 2. The van der Waals surface area contributed by atoms with Crippen molar-refractivity contribution in [3.63, 3.8) is 0 Å². The third kappa shape index (κ3) is 4.37. The van der Waals surface area contributed by atoms with E-state index in [1.54, 1.807) is 54.6 Å². The third-order valence-corrected chi connectivity index (χ3v) is 11.1. The highest BCUT2D eigenvalue weighted by Crippen LogP contribution is 2.64. The molecule has 0 aromatic heterocycles. The number of halogens is 1. The Morgan fingerprint density at radius 3 is 2.20 bits per heavy atom. The summed E-state index contributed by atoms with van der Waals surface area (Å²) in [6.45, 7) is 0. The zero-order valence-corrected chi connectivity index (χ0v) is 27.0. The quantitative estimate of drug-likeness (QED) is 0.175. The molecule has 0 spiro atoms. The second-order valence-electron chi connectivity index (χ2n) is 13.2. The molecule has 50 heavy (non-hydrogen) atoms. The van der Waals surface area contributed by atoms with E-state index in [2.05, 4.69) is 0 Å². The highest BCUT2D eigenvalue weighted by atomic mass is 35.5. The van der Waals surface area contributed by atoms with Crippen LogP contribution < -0.4 is 9.80 Å². The Kier molecular flexibility index (Phi) is 7.20. The van der Waals surface area contributed by atoms with Crippen LogP contribution in [0.4, 0.5) is 11.4 Å². The summed E-state index contributed by atoms with van der Waals surface area (Å²) < 4.78 is 0. The standard InChI is InChI=1S/C39H29ClN2O8/c40-22-9-5-10-23(17-22)42-35(46)30-19-29-26(33(20-6-4-11-25(43)16-20)39(30,38(42)50)21-7-2-1-3-8-21)14-15-28-32(29)36(47)41(34(28)45)24-12-13-27(37(48)49)31(44)18-24/h1-14,16-18,28-30,32-33,43-44H,15,19H2,(H,48,49). The van der Waals surface area contributed by atoms with E-state index in [0.717, 1.165) is 22.6 Å². The summed E-state index contributed by atoms with van der Waals surface area (Å²) in [4.78, 5) is 72.0. The Morgan fingerprint density at radius 2 is 1.50 bits per heavy atom. The van der Waals surface area contributed by atoms with Gasteiger partial charge in [0.25, 0.3) is 0 Å². The third-order valence-electron chi connectivity index (χ3n) is 10.8. The number of nitrogens with zero attached hydrogens (tertiary/aromatic N) is 2. The van der Waals surface area contributed by atoms with Crippen molar-refractivity contribution in [3.8, 4) is 11.5 Å². The Balaban J connectivity index is 1.32. The van der Waals surface area contributed by atoms with Crippen LogP contribution >= 0.6 is 11.6 Å². The number of carboxylic acids is 1. The van der Waals surface area contributed by atoms with Gasteiger partial charge >= 0.3 is 5.97 Å². The number of carboxylic acid groups (broad SMARTS) is 1. The zero-order valence-electron chi connectivity index (χ0n) is 26.3. The number of phenols is 2. The summed E-state index contributed by atoms with van der Waals surface area (Å²) in [5.74, 6) is -8.06. The molecule has 0 bridgehead atoms. The van der Waals surface area contributed by atoms with Gasteiger partial charge in [0.1, 0.15) is 17.1 Å². The number of amides is 4. The molecule has 250 valence electrons. The van der Waals surface area contributed by atoms with Crippen LogP contribution in [0.2, 0.25) is 5.02 Å². The predicted molar refractivity (Wildman–Crippen MR) is 182 cm³/mol. The summed E-state index contributed by atoms with van der Waals surface area (Å²) in [5, 5.41) is 30.9. The number of carbonyl (C=O) groups is 5. The van der Waals surface area contributed by atoms with Gasteiger partial charge in [-0.3, -0.25) is 19.2 Å². The SMILES string of the molecule is O=C(O)c1ccc(N2C(=O)C3CC=C4C(CC5C(=O)N(c6cccc(Cl)c6)C(=O)C5(c5ccccc5)C4c4cccc(O)c4)C3C2=O)cc1O. The van der Waals surface area contributed by atoms with Gasteiger partial charge in [0, 0.05) is 17.0 Å². The van der Waals surface area contributed by atoms with Crippen molar-refractivity contribution in [2.45, 2.75) is 24.2 Å². The molecule has 2 saturated heterocycles. The minimum atomic E-state index is -1.48. The van der Waals surface area contributed by atoms with Crippen LogP contribution in [0.5, 0.6) is 11.5 Å². The number of carbonyl (C=O) groups excluding carboxylic acids is 4. The predicted octanol–water partition coefficient (Wildman–Crippen LogP) is 5.82. The lowest BCUT2D eigenvalue weighted by atomic mass is 9.49. The van der Waals surface area contributed by atoms with E-state index >= 15 is 4.79 Å². The van der Waals surface area contributed by atoms with Crippen molar-refractivity contribution in [2.24, 2.45) is 23.7 Å². The molecule has 3 fully saturated rings. The van der Waals surface area contributed by atoms with Crippen molar-refractivity contribution in [3.05, 3.63) is 130 Å². The Labute approximate surface area is 290 Å². The summed E-state index contributed by atoms with van der Waals surface area (Å²) in [5.41, 5.74) is 0.394. The fourth-order valence-electron chi connectivity index (χ4n) is 8.92. The first-order valence-electron chi connectivity index (χ1n) is 16.2. The van der Waals surface area contributed by atoms with Gasteiger partial charge < -0.3 is 15.3 Å². The highest BCUT2D eigenvalue weighted by molar-refractivity contribution is 6.32. The number of allylic oxidation sites excluding steroid dienone is 2. The number of fused-ring (bicyclic) bond motifs is 4.